The molecular weight excluding hydrogens is 522 g/mol. The molecule has 0 spiro atoms. The number of carboxylic acid groups (broad SMARTS) is 2. The number of carboxylic acids is 2. The number of hydrogen-bond acceptors (Lipinski definition) is 9. The lowest BCUT2D eigenvalue weighted by Gasteiger charge is -2.44. The Bertz CT molecular complexity index is 1280. The highest BCUT2D eigenvalue weighted by Crippen LogP contribution is 2.52. The van der Waals surface area contributed by atoms with E-state index in [2.05, 4.69) is 10.3 Å². The van der Waals surface area contributed by atoms with E-state index in [0.29, 0.717) is 0 Å². The minimum Gasteiger partial charge on any atom is -0.545 e. The monoisotopic (exact) mass is 546 g/mol. The second-order valence-corrected chi connectivity index (χ2v) is 10.9. The maximum atomic E-state index is 14.5. The van der Waals surface area contributed by atoms with Crippen molar-refractivity contribution >= 4 is 35.0 Å². The molecule has 202 valence electrons. The molecule has 0 aliphatic carbocycles. The highest BCUT2D eigenvalue weighted by atomic mass is 32.2. The summed E-state index contributed by atoms with van der Waals surface area (Å²) < 4.78 is 40.1. The summed E-state index contributed by atoms with van der Waals surface area (Å²) in [5.74, 6) is -5.55. The van der Waals surface area contributed by atoms with Crippen LogP contribution >= 0.6 is 11.8 Å². The van der Waals surface area contributed by atoms with Gasteiger partial charge in [0.1, 0.15) is 17.1 Å². The van der Waals surface area contributed by atoms with Crippen LogP contribution in [0.3, 0.4) is 0 Å². The first-order valence-corrected chi connectivity index (χ1v) is 12.5. The fraction of sp³-hybridized carbons (Fsp3) is 0.385. The predicted molar refractivity (Wildman–Crippen MR) is 130 cm³/mol. The van der Waals surface area contributed by atoms with Crippen molar-refractivity contribution in [1.82, 2.24) is 5.32 Å². The number of alkyl halides is 2. The lowest BCUT2D eigenvalue weighted by molar-refractivity contribution is -0.256. The van der Waals surface area contributed by atoms with Crippen molar-refractivity contribution in [2.45, 2.75) is 62.2 Å². The Morgan fingerprint density at radius 2 is 1.50 bits per heavy atom. The van der Waals surface area contributed by atoms with E-state index in [9.17, 15) is 33.4 Å². The van der Waals surface area contributed by atoms with Crippen LogP contribution in [0.5, 0.6) is 0 Å². The molecule has 0 unspecified atom stereocenters. The summed E-state index contributed by atoms with van der Waals surface area (Å²) in [6.07, 6.45) is -5.73. The van der Waals surface area contributed by atoms with Crippen molar-refractivity contribution in [1.29, 1.82) is 0 Å². The van der Waals surface area contributed by atoms with Crippen LogP contribution in [0.4, 0.5) is 13.6 Å². The summed E-state index contributed by atoms with van der Waals surface area (Å²) >= 11 is 0.881. The maximum absolute atomic E-state index is 14.5. The number of hydrogen-bond donors (Lipinski definition) is 1. The molecule has 4 rings (SSSR count). The number of fused-ring (bicyclic) bond motifs is 1. The SMILES string of the molecule is CC(C)(C)OC(=O)NC1=N[C@@H]2[C@@H](c3ccccc3C(=O)[O-])[C@@H](c3ccccc3C(=O)[O-])[C@@H](C(F)F)O[C@@H]2S1. The number of aliphatic imine (C=N–C) groups is 1. The summed E-state index contributed by atoms with van der Waals surface area (Å²) in [6.45, 7) is 5.00. The number of alkyl carbamates (subject to hydrolysis) is 1. The number of carbonyl (C=O) groups is 3. The molecule has 0 aromatic heterocycles. The number of nitrogens with zero attached hydrogens (tertiary/aromatic N) is 1. The summed E-state index contributed by atoms with van der Waals surface area (Å²) in [5.41, 5.74) is -2.32. The third-order valence-corrected chi connectivity index (χ3v) is 7.16. The van der Waals surface area contributed by atoms with Crippen LogP contribution in [-0.2, 0) is 9.47 Å². The van der Waals surface area contributed by atoms with Crippen LogP contribution in [0.25, 0.3) is 0 Å². The summed E-state index contributed by atoms with van der Waals surface area (Å²) in [5, 5.41) is 26.5. The lowest BCUT2D eigenvalue weighted by Crippen LogP contribution is -2.49. The Morgan fingerprint density at radius 1 is 0.974 bits per heavy atom. The topological polar surface area (TPSA) is 140 Å². The van der Waals surface area contributed by atoms with Crippen molar-refractivity contribution in [3.63, 3.8) is 0 Å². The molecule has 38 heavy (non-hydrogen) atoms. The van der Waals surface area contributed by atoms with Gasteiger partial charge in [-0.2, -0.15) is 0 Å². The van der Waals surface area contributed by atoms with E-state index in [0.717, 1.165) is 11.8 Å². The van der Waals surface area contributed by atoms with Crippen LogP contribution in [0.15, 0.2) is 53.5 Å². The van der Waals surface area contributed by atoms with Crippen LogP contribution < -0.4 is 15.5 Å². The molecule has 12 heteroatoms. The van der Waals surface area contributed by atoms with E-state index in [-0.39, 0.29) is 27.4 Å². The van der Waals surface area contributed by atoms with E-state index >= 15 is 0 Å². The van der Waals surface area contributed by atoms with Gasteiger partial charge in [0.05, 0.1) is 18.0 Å². The summed E-state index contributed by atoms with van der Waals surface area (Å²) in [4.78, 5) is 40.8. The fourth-order valence-corrected chi connectivity index (χ4v) is 5.88. The predicted octanol–water partition coefficient (Wildman–Crippen LogP) is 2.27. The van der Waals surface area contributed by atoms with E-state index < -0.39 is 59.5 Å². The van der Waals surface area contributed by atoms with Gasteiger partial charge in [-0.1, -0.05) is 60.3 Å². The van der Waals surface area contributed by atoms with Crippen LogP contribution in [0, 0.1) is 0 Å². The number of thioether (sulfide) groups is 1. The molecule has 5 atom stereocenters. The number of aromatic carboxylic acids is 2. The molecule has 2 aliphatic rings. The van der Waals surface area contributed by atoms with Crippen LogP contribution in [0.2, 0.25) is 0 Å². The highest BCUT2D eigenvalue weighted by Gasteiger charge is 2.54. The lowest BCUT2D eigenvalue weighted by atomic mass is 9.70. The van der Waals surface area contributed by atoms with Crippen molar-refractivity contribution in [3.8, 4) is 0 Å². The normalized spacial score (nSPS) is 24.9. The fourth-order valence-electron chi connectivity index (χ4n) is 4.78. The Balaban J connectivity index is 1.87. The molecule has 2 aliphatic heterocycles. The van der Waals surface area contributed by atoms with Crippen molar-refractivity contribution < 1.29 is 42.9 Å². The summed E-state index contributed by atoms with van der Waals surface area (Å²) in [6, 6.07) is 10.3. The van der Waals surface area contributed by atoms with Gasteiger partial charge in [0.2, 0.25) is 0 Å². The first-order chi connectivity index (χ1) is 17.9. The number of nitrogens with one attached hydrogen (secondary N) is 1. The average Bonchev–Trinajstić information content (AvgIpc) is 3.23. The average molecular weight is 547 g/mol. The van der Waals surface area contributed by atoms with Gasteiger partial charge in [-0.05, 0) is 31.9 Å². The number of carbonyl (C=O) groups excluding carboxylic acids is 3. The number of amides is 1. The minimum atomic E-state index is -3.07. The zero-order chi connectivity index (χ0) is 27.8. The Morgan fingerprint density at radius 3 is 2.00 bits per heavy atom. The van der Waals surface area contributed by atoms with E-state index in [1.807, 2.05) is 0 Å². The molecule has 1 amide bonds. The third kappa shape index (κ3) is 5.65. The molecule has 2 aromatic carbocycles. The molecular formula is C26H24F2N2O7S-2. The van der Waals surface area contributed by atoms with Gasteiger partial charge in [0.25, 0.3) is 6.43 Å². The first-order valence-electron chi connectivity index (χ1n) is 11.7. The zero-order valence-electron chi connectivity index (χ0n) is 20.6. The van der Waals surface area contributed by atoms with Gasteiger partial charge < -0.3 is 29.3 Å². The largest absolute Gasteiger partial charge is 0.545 e. The molecule has 1 saturated heterocycles. The van der Waals surface area contributed by atoms with Gasteiger partial charge >= 0.3 is 6.09 Å². The molecule has 2 heterocycles. The quantitative estimate of drug-likeness (QED) is 0.602. The Kier molecular flexibility index (Phi) is 7.75. The molecule has 0 bridgehead atoms. The smallest absolute Gasteiger partial charge is 0.413 e. The molecule has 9 nitrogen and oxygen atoms in total. The molecule has 0 saturated carbocycles. The van der Waals surface area contributed by atoms with Crippen molar-refractivity contribution in [3.05, 3.63) is 70.8 Å². The molecule has 0 radical (unpaired) electrons. The number of ether oxygens (including phenoxy) is 2. The number of amidine groups is 1. The van der Waals surface area contributed by atoms with Gasteiger partial charge in [-0.15, -0.1) is 0 Å². The molecule has 1 fully saturated rings. The number of rotatable bonds is 5. The number of halogens is 2. The van der Waals surface area contributed by atoms with Crippen molar-refractivity contribution in [2.24, 2.45) is 4.99 Å². The van der Waals surface area contributed by atoms with Gasteiger partial charge in [0.15, 0.2) is 5.17 Å². The standard InChI is InChI=1S/C26H26F2N2O7S/c1-26(2,3)37-25(35)30-24-29-18-16(12-8-4-6-10-14(12)21(31)32)17(19(20(27)28)36-23(18)38-24)13-9-5-7-11-15(13)22(33)34/h4-11,16-20,23H,1-3H3,(H,31,32)(H,33,34)(H,29,30,35)/p-2/t16-,17+,18+,19-,23+/m0/s1. The highest BCUT2D eigenvalue weighted by molar-refractivity contribution is 8.14. The van der Waals surface area contributed by atoms with E-state index in [1.54, 1.807) is 20.8 Å². The van der Waals surface area contributed by atoms with Gasteiger partial charge in [-0.25, -0.2) is 13.6 Å². The molecule has 1 N–H and O–H groups in total. The second-order valence-electron chi connectivity index (χ2n) is 9.77. The van der Waals surface area contributed by atoms with Crippen molar-refractivity contribution in [2.75, 3.05) is 0 Å². The molecule has 2 aromatic rings. The van der Waals surface area contributed by atoms with Crippen LogP contribution in [-0.4, -0.2) is 52.8 Å². The van der Waals surface area contributed by atoms with Gasteiger partial charge in [0, 0.05) is 23.0 Å². The number of benzene rings is 2. The minimum absolute atomic E-state index is 0.0110. The maximum Gasteiger partial charge on any atom is 0.413 e. The first kappa shape index (κ1) is 27.5. The second kappa shape index (κ2) is 10.7. The Labute approximate surface area is 221 Å². The van der Waals surface area contributed by atoms with E-state index in [4.69, 9.17) is 9.47 Å². The summed E-state index contributed by atoms with van der Waals surface area (Å²) in [7, 11) is 0. The van der Waals surface area contributed by atoms with Gasteiger partial charge in [-0.3, -0.25) is 10.3 Å². The van der Waals surface area contributed by atoms with Crippen LogP contribution in [0.1, 0.15) is 64.4 Å². The zero-order valence-corrected chi connectivity index (χ0v) is 21.4. The third-order valence-electron chi connectivity index (χ3n) is 6.11. The Hall–Kier alpha value is -3.51. The van der Waals surface area contributed by atoms with E-state index in [1.165, 1.54) is 48.5 Å².